The quantitative estimate of drug-likeness (QED) is 0.801. The van der Waals surface area contributed by atoms with E-state index in [9.17, 15) is 0 Å². The number of thiazole rings is 1. The summed E-state index contributed by atoms with van der Waals surface area (Å²) in [7, 11) is 3.39. The van der Waals surface area contributed by atoms with Crippen molar-refractivity contribution in [1.29, 1.82) is 0 Å². The molecular formula is C13H20N4O2S2. The molecule has 0 aliphatic rings. The second-order valence-electron chi connectivity index (χ2n) is 4.47. The summed E-state index contributed by atoms with van der Waals surface area (Å²) in [5.74, 6) is 0.528. The number of hydrogen-bond acceptors (Lipinski definition) is 8. The van der Waals surface area contributed by atoms with Crippen LogP contribution in [0.2, 0.25) is 0 Å². The molecule has 0 fully saturated rings. The molecule has 116 valence electrons. The first-order valence-corrected chi connectivity index (χ1v) is 8.23. The van der Waals surface area contributed by atoms with Crippen molar-refractivity contribution in [1.82, 2.24) is 9.36 Å². The Morgan fingerprint density at radius 3 is 2.43 bits per heavy atom. The molecule has 6 nitrogen and oxygen atoms in total. The second kappa shape index (κ2) is 7.69. The van der Waals surface area contributed by atoms with Crippen molar-refractivity contribution >= 4 is 33.7 Å². The van der Waals surface area contributed by atoms with Crippen LogP contribution in [0.25, 0.3) is 11.3 Å². The maximum atomic E-state index is 6.05. The predicted octanol–water partition coefficient (Wildman–Crippen LogP) is 2.26. The number of nitrogens with two attached hydrogens (primary N) is 1. The lowest BCUT2D eigenvalue weighted by atomic mass is 10.2. The first kappa shape index (κ1) is 16.2. The molecule has 2 heterocycles. The average Bonchev–Trinajstić information content (AvgIpc) is 3.05. The van der Waals surface area contributed by atoms with Crippen LogP contribution < -0.4 is 10.6 Å². The molecule has 0 amide bonds. The van der Waals surface area contributed by atoms with Gasteiger partial charge in [-0.05, 0) is 18.5 Å². The molecule has 0 atom stereocenters. The second-order valence-corrected chi connectivity index (χ2v) is 6.29. The van der Waals surface area contributed by atoms with E-state index in [4.69, 9.17) is 15.2 Å². The van der Waals surface area contributed by atoms with Crippen LogP contribution in [0.5, 0.6) is 0 Å². The summed E-state index contributed by atoms with van der Waals surface area (Å²) in [5, 5.41) is 4.05. The van der Waals surface area contributed by atoms with Gasteiger partial charge in [-0.3, -0.25) is 0 Å². The Bertz CT molecular complexity index is 562. The molecule has 0 aliphatic heterocycles. The maximum Gasteiger partial charge on any atom is 0.148 e. The molecule has 2 N–H and O–H groups in total. The zero-order valence-corrected chi connectivity index (χ0v) is 14.1. The number of methoxy groups -OCH3 is 2. The Labute approximate surface area is 132 Å². The van der Waals surface area contributed by atoms with Gasteiger partial charge in [0.2, 0.25) is 0 Å². The highest BCUT2D eigenvalue weighted by Gasteiger charge is 2.21. The molecule has 0 unspecified atom stereocenters. The lowest BCUT2D eigenvalue weighted by molar-refractivity contribution is 0.190. The monoisotopic (exact) mass is 328 g/mol. The highest BCUT2D eigenvalue weighted by Crippen LogP contribution is 2.39. The smallest absolute Gasteiger partial charge is 0.148 e. The molecular weight excluding hydrogens is 308 g/mol. The van der Waals surface area contributed by atoms with E-state index in [1.54, 1.807) is 25.6 Å². The third-order valence-corrected chi connectivity index (χ3v) is 4.69. The fourth-order valence-electron chi connectivity index (χ4n) is 1.95. The molecule has 2 aromatic rings. The molecule has 0 saturated carbocycles. The summed E-state index contributed by atoms with van der Waals surface area (Å²) in [6.45, 7) is 4.78. The van der Waals surface area contributed by atoms with Gasteiger partial charge < -0.3 is 20.1 Å². The summed E-state index contributed by atoms with van der Waals surface area (Å²) in [4.78, 5) is 6.72. The minimum absolute atomic E-state index is 0.528. The Morgan fingerprint density at radius 1 is 1.24 bits per heavy atom. The van der Waals surface area contributed by atoms with Crippen LogP contribution in [0.3, 0.4) is 0 Å². The molecule has 0 aromatic carbocycles. The third kappa shape index (κ3) is 3.91. The summed E-state index contributed by atoms with van der Waals surface area (Å²) in [5.41, 5.74) is 7.85. The Hall–Kier alpha value is -1.22. The molecule has 0 bridgehead atoms. The van der Waals surface area contributed by atoms with Crippen molar-refractivity contribution in [3.63, 3.8) is 0 Å². The van der Waals surface area contributed by atoms with E-state index in [1.165, 1.54) is 11.5 Å². The third-order valence-electron chi connectivity index (χ3n) is 2.99. The van der Waals surface area contributed by atoms with Crippen LogP contribution in [0, 0.1) is 6.92 Å². The minimum atomic E-state index is 0.528. The van der Waals surface area contributed by atoms with Gasteiger partial charge in [-0.1, -0.05) is 0 Å². The van der Waals surface area contributed by atoms with Gasteiger partial charge in [-0.25, -0.2) is 4.98 Å². The number of ether oxygens (including phenoxy) is 2. The summed E-state index contributed by atoms with van der Waals surface area (Å²) >= 11 is 3.00. The molecule has 0 spiro atoms. The van der Waals surface area contributed by atoms with E-state index in [-0.39, 0.29) is 0 Å². The molecule has 21 heavy (non-hydrogen) atoms. The minimum Gasteiger partial charge on any atom is -0.383 e. The first-order valence-electron chi connectivity index (χ1n) is 6.57. The van der Waals surface area contributed by atoms with Crippen LogP contribution in [0.15, 0.2) is 5.38 Å². The van der Waals surface area contributed by atoms with E-state index in [2.05, 4.69) is 14.3 Å². The van der Waals surface area contributed by atoms with Crippen LogP contribution in [0.4, 0.5) is 10.8 Å². The van der Waals surface area contributed by atoms with E-state index in [0.717, 1.165) is 34.4 Å². The number of anilines is 2. The number of hydrogen-bond donors (Lipinski definition) is 1. The van der Waals surface area contributed by atoms with E-state index >= 15 is 0 Å². The number of aryl methyl sites for hydroxylation is 1. The van der Waals surface area contributed by atoms with Gasteiger partial charge in [0.05, 0.1) is 29.5 Å². The Balaban J connectivity index is 2.31. The predicted molar refractivity (Wildman–Crippen MR) is 88.3 cm³/mol. The Morgan fingerprint density at radius 2 is 1.90 bits per heavy atom. The highest BCUT2D eigenvalue weighted by atomic mass is 32.1. The Kier molecular flexibility index (Phi) is 5.92. The largest absolute Gasteiger partial charge is 0.383 e. The lowest BCUT2D eigenvalue weighted by Crippen LogP contribution is -2.30. The summed E-state index contributed by atoms with van der Waals surface area (Å²) in [6, 6.07) is 0. The van der Waals surface area contributed by atoms with Crippen molar-refractivity contribution in [3.8, 4) is 11.3 Å². The van der Waals surface area contributed by atoms with Crippen LogP contribution in [-0.2, 0) is 9.47 Å². The van der Waals surface area contributed by atoms with Crippen molar-refractivity contribution < 1.29 is 9.47 Å². The van der Waals surface area contributed by atoms with Gasteiger partial charge in [0.15, 0.2) is 0 Å². The van der Waals surface area contributed by atoms with Gasteiger partial charge in [-0.2, -0.15) is 4.37 Å². The lowest BCUT2D eigenvalue weighted by Gasteiger charge is -2.23. The van der Waals surface area contributed by atoms with Gasteiger partial charge in [0.25, 0.3) is 0 Å². The van der Waals surface area contributed by atoms with Crippen LogP contribution >= 0.6 is 22.9 Å². The SMILES string of the molecule is COCCN(CCOC)c1snc(N)c1-c1csc(C)n1. The maximum absolute atomic E-state index is 6.05. The molecule has 0 aliphatic carbocycles. The normalized spacial score (nSPS) is 11.0. The molecule has 2 aromatic heterocycles. The summed E-state index contributed by atoms with van der Waals surface area (Å²) in [6.07, 6.45) is 0. The van der Waals surface area contributed by atoms with Crippen molar-refractivity contribution in [3.05, 3.63) is 10.4 Å². The molecule has 8 heteroatoms. The van der Waals surface area contributed by atoms with E-state index < -0.39 is 0 Å². The van der Waals surface area contributed by atoms with E-state index in [1.807, 2.05) is 12.3 Å². The van der Waals surface area contributed by atoms with Gasteiger partial charge in [0, 0.05) is 32.7 Å². The van der Waals surface area contributed by atoms with Gasteiger partial charge in [-0.15, -0.1) is 11.3 Å². The van der Waals surface area contributed by atoms with Crippen LogP contribution in [-0.4, -0.2) is 49.9 Å². The first-order chi connectivity index (χ1) is 10.2. The molecule has 0 saturated heterocycles. The van der Waals surface area contributed by atoms with E-state index in [0.29, 0.717) is 19.0 Å². The number of rotatable bonds is 8. The summed E-state index contributed by atoms with van der Waals surface area (Å²) < 4.78 is 14.7. The number of nitrogens with zero attached hydrogens (tertiary/aromatic N) is 3. The average molecular weight is 328 g/mol. The fourth-order valence-corrected chi connectivity index (χ4v) is 3.42. The molecule has 0 radical (unpaired) electrons. The van der Waals surface area contributed by atoms with Gasteiger partial charge in [0.1, 0.15) is 10.8 Å². The van der Waals surface area contributed by atoms with Gasteiger partial charge >= 0.3 is 0 Å². The standard InChI is InChI=1S/C13H20N4O2S2/c1-9-15-10(8-20-9)11-12(14)16-21-13(11)17(4-6-18-2)5-7-19-3/h8H,4-7H2,1-3H3,(H2,14,16). The van der Waals surface area contributed by atoms with Crippen molar-refractivity contribution in [2.75, 3.05) is 51.2 Å². The topological polar surface area (TPSA) is 73.5 Å². The zero-order valence-electron chi connectivity index (χ0n) is 12.5. The number of nitrogen functional groups attached to an aromatic ring is 1. The van der Waals surface area contributed by atoms with Crippen LogP contribution in [0.1, 0.15) is 5.01 Å². The number of aromatic nitrogens is 2. The molecule has 2 rings (SSSR count). The highest BCUT2D eigenvalue weighted by molar-refractivity contribution is 7.11. The fraction of sp³-hybridized carbons (Fsp3) is 0.538. The van der Waals surface area contributed by atoms with Crippen molar-refractivity contribution in [2.24, 2.45) is 0 Å². The zero-order chi connectivity index (χ0) is 15.2. The van der Waals surface area contributed by atoms with Crippen molar-refractivity contribution in [2.45, 2.75) is 6.92 Å².